The molecule has 0 bridgehead atoms. The molecule has 0 atom stereocenters. The normalized spacial score (nSPS) is 17.4. The fraction of sp³-hybridized carbons (Fsp3) is 0.588. The number of nitrogens with zero attached hydrogens (tertiary/aromatic N) is 2. The number of carbonyl (C=O) groups excluding carboxylic acids is 1. The van der Waals surface area contributed by atoms with Crippen LogP contribution < -0.4 is 10.5 Å². The van der Waals surface area contributed by atoms with Gasteiger partial charge in [0.05, 0.1) is 5.39 Å². The minimum atomic E-state index is -0.333. The van der Waals surface area contributed by atoms with E-state index in [0.29, 0.717) is 6.10 Å². The van der Waals surface area contributed by atoms with Gasteiger partial charge in [0.2, 0.25) is 11.8 Å². The average molecular weight is 333 g/mol. The van der Waals surface area contributed by atoms with Crippen LogP contribution in [0.3, 0.4) is 0 Å². The van der Waals surface area contributed by atoms with E-state index in [1.54, 1.807) is 6.33 Å². The van der Waals surface area contributed by atoms with E-state index in [-0.39, 0.29) is 5.91 Å². The maximum absolute atomic E-state index is 9.22. The molecule has 0 spiro atoms. The molecule has 1 saturated carbocycles. The summed E-state index contributed by atoms with van der Waals surface area (Å²) in [6, 6.07) is 0. The van der Waals surface area contributed by atoms with Gasteiger partial charge in [0.15, 0.2) is 0 Å². The van der Waals surface area contributed by atoms with Gasteiger partial charge in [-0.3, -0.25) is 4.79 Å². The van der Waals surface area contributed by atoms with Crippen LogP contribution in [0.2, 0.25) is 0 Å². The van der Waals surface area contributed by atoms with Crippen molar-refractivity contribution in [2.24, 2.45) is 5.73 Å². The number of primary amides is 1. The molecular formula is C17H23N3O2S. The average Bonchev–Trinajstić information content (AvgIpc) is 3.08. The van der Waals surface area contributed by atoms with Crippen molar-refractivity contribution in [3.63, 3.8) is 0 Å². The Labute approximate surface area is 140 Å². The van der Waals surface area contributed by atoms with Gasteiger partial charge in [-0.15, -0.1) is 11.3 Å². The summed E-state index contributed by atoms with van der Waals surface area (Å²) >= 11 is 1.83. The van der Waals surface area contributed by atoms with Gasteiger partial charge in [-0.2, -0.15) is 0 Å². The van der Waals surface area contributed by atoms with Gasteiger partial charge in [0.25, 0.3) is 0 Å². The first-order chi connectivity index (χ1) is 11.1. The van der Waals surface area contributed by atoms with Crippen LogP contribution in [-0.2, 0) is 17.6 Å². The predicted molar refractivity (Wildman–Crippen MR) is 91.8 cm³/mol. The fourth-order valence-corrected chi connectivity index (χ4v) is 4.55. The first kappa shape index (κ1) is 16.2. The third-order valence-corrected chi connectivity index (χ3v) is 5.50. The lowest BCUT2D eigenvalue weighted by molar-refractivity contribution is -0.115. The highest BCUT2D eigenvalue weighted by atomic mass is 32.1. The van der Waals surface area contributed by atoms with E-state index >= 15 is 0 Å². The van der Waals surface area contributed by atoms with Gasteiger partial charge in [-0.05, 0) is 50.5 Å². The third-order valence-electron chi connectivity index (χ3n) is 4.30. The largest absolute Gasteiger partial charge is 0.474 e. The van der Waals surface area contributed by atoms with Crippen molar-refractivity contribution in [2.75, 3.05) is 0 Å². The van der Waals surface area contributed by atoms with Crippen LogP contribution in [0.4, 0.5) is 0 Å². The minimum absolute atomic E-state index is 0.333. The summed E-state index contributed by atoms with van der Waals surface area (Å²) in [4.78, 5) is 20.7. The molecule has 6 heteroatoms. The molecule has 0 aliphatic heterocycles. The molecule has 4 rings (SSSR count). The summed E-state index contributed by atoms with van der Waals surface area (Å²) in [6.45, 7) is 1.31. The number of ether oxygens (including phenoxy) is 1. The van der Waals surface area contributed by atoms with Crippen molar-refractivity contribution in [3.8, 4) is 5.88 Å². The lowest BCUT2D eigenvalue weighted by Gasteiger charge is -2.22. The second-order valence-electron chi connectivity index (χ2n) is 6.20. The highest BCUT2D eigenvalue weighted by Crippen LogP contribution is 2.40. The molecule has 2 aliphatic carbocycles. The molecule has 1 fully saturated rings. The van der Waals surface area contributed by atoms with Crippen molar-refractivity contribution < 1.29 is 9.53 Å². The van der Waals surface area contributed by atoms with Crippen LogP contribution in [0.25, 0.3) is 10.2 Å². The van der Waals surface area contributed by atoms with Crippen LogP contribution in [0, 0.1) is 0 Å². The Balaban J connectivity index is 0.000000354. The zero-order chi connectivity index (χ0) is 16.2. The number of nitrogens with two attached hydrogens (primary N) is 1. The molecule has 2 aromatic heterocycles. The summed E-state index contributed by atoms with van der Waals surface area (Å²) in [6.07, 6.45) is 12.0. The number of hydrogen-bond donors (Lipinski definition) is 1. The lowest BCUT2D eigenvalue weighted by atomic mass is 9.98. The maximum Gasteiger partial charge on any atom is 0.225 e. The molecule has 124 valence electrons. The van der Waals surface area contributed by atoms with E-state index in [0.717, 1.165) is 10.7 Å². The van der Waals surface area contributed by atoms with Crippen LogP contribution in [0.1, 0.15) is 55.9 Å². The van der Waals surface area contributed by atoms with Gasteiger partial charge >= 0.3 is 0 Å². The molecule has 0 saturated heterocycles. The lowest BCUT2D eigenvalue weighted by Crippen LogP contribution is -2.20. The van der Waals surface area contributed by atoms with Crippen molar-refractivity contribution in [1.29, 1.82) is 0 Å². The molecule has 2 heterocycles. The Kier molecular flexibility index (Phi) is 5.10. The first-order valence-corrected chi connectivity index (χ1v) is 9.14. The zero-order valence-corrected chi connectivity index (χ0v) is 14.3. The number of aromatic nitrogens is 2. The van der Waals surface area contributed by atoms with E-state index in [9.17, 15) is 4.79 Å². The van der Waals surface area contributed by atoms with Crippen molar-refractivity contribution in [2.45, 2.75) is 64.4 Å². The monoisotopic (exact) mass is 333 g/mol. The molecule has 0 aromatic carbocycles. The summed E-state index contributed by atoms with van der Waals surface area (Å²) in [5.41, 5.74) is 5.94. The second kappa shape index (κ2) is 7.25. The smallest absolute Gasteiger partial charge is 0.225 e. The molecule has 0 unspecified atom stereocenters. The maximum atomic E-state index is 9.22. The quantitative estimate of drug-likeness (QED) is 0.914. The molecule has 2 aliphatic rings. The van der Waals surface area contributed by atoms with Gasteiger partial charge < -0.3 is 10.5 Å². The highest BCUT2D eigenvalue weighted by molar-refractivity contribution is 7.18. The number of rotatable bonds is 2. The Morgan fingerprint density at radius 3 is 2.70 bits per heavy atom. The first-order valence-electron chi connectivity index (χ1n) is 8.33. The molecule has 2 N–H and O–H groups in total. The second-order valence-corrected chi connectivity index (χ2v) is 7.29. The Morgan fingerprint density at radius 2 is 1.96 bits per heavy atom. The van der Waals surface area contributed by atoms with E-state index in [1.807, 2.05) is 11.3 Å². The third kappa shape index (κ3) is 3.80. The van der Waals surface area contributed by atoms with Gasteiger partial charge in [0.1, 0.15) is 17.3 Å². The Hall–Kier alpha value is -1.69. The minimum Gasteiger partial charge on any atom is -0.474 e. The number of aryl methyl sites for hydroxylation is 2. The van der Waals surface area contributed by atoms with Crippen molar-refractivity contribution in [1.82, 2.24) is 9.97 Å². The fourth-order valence-electron chi connectivity index (χ4n) is 3.33. The standard InChI is InChI=1S/C15H18N2OS.C2H5NO/c1-2-5-10(6-3-1)18-14-13-11-7-4-8-12(11)19-15(13)17-9-16-14;1-2(3)4/h9-10H,1-8H2;1H3,(H2,3,4). The van der Waals surface area contributed by atoms with Crippen molar-refractivity contribution >= 4 is 27.5 Å². The van der Waals surface area contributed by atoms with E-state index < -0.39 is 0 Å². The number of fused-ring (bicyclic) bond motifs is 3. The molecule has 23 heavy (non-hydrogen) atoms. The highest BCUT2D eigenvalue weighted by Gasteiger charge is 2.23. The van der Waals surface area contributed by atoms with Gasteiger partial charge in [-0.1, -0.05) is 6.42 Å². The molecule has 0 radical (unpaired) electrons. The Morgan fingerprint density at radius 1 is 1.22 bits per heavy atom. The summed E-state index contributed by atoms with van der Waals surface area (Å²) in [5.74, 6) is 0.510. The van der Waals surface area contributed by atoms with Crippen LogP contribution in [0.15, 0.2) is 6.33 Å². The molecule has 2 aromatic rings. The van der Waals surface area contributed by atoms with Gasteiger partial charge in [0, 0.05) is 11.8 Å². The predicted octanol–water partition coefficient (Wildman–Crippen LogP) is 3.38. The zero-order valence-electron chi connectivity index (χ0n) is 13.5. The summed E-state index contributed by atoms with van der Waals surface area (Å²) < 4.78 is 6.21. The van der Waals surface area contributed by atoms with E-state index in [4.69, 9.17) is 4.74 Å². The molecule has 1 amide bonds. The van der Waals surface area contributed by atoms with Crippen molar-refractivity contribution in [3.05, 3.63) is 16.8 Å². The number of amides is 1. The number of thiophene rings is 1. The molecular weight excluding hydrogens is 310 g/mol. The van der Waals surface area contributed by atoms with Gasteiger partial charge in [-0.25, -0.2) is 9.97 Å². The van der Waals surface area contributed by atoms with Crippen LogP contribution >= 0.6 is 11.3 Å². The summed E-state index contributed by atoms with van der Waals surface area (Å²) in [7, 11) is 0. The van der Waals surface area contributed by atoms with Crippen LogP contribution in [0.5, 0.6) is 5.88 Å². The van der Waals surface area contributed by atoms with Crippen LogP contribution in [-0.4, -0.2) is 22.0 Å². The van der Waals surface area contributed by atoms with E-state index in [1.165, 1.54) is 74.1 Å². The Bertz CT molecular complexity index is 688. The molecule has 5 nitrogen and oxygen atoms in total. The SMILES string of the molecule is CC(N)=O.c1nc(OC2CCCCC2)c2c3c(sc2n1)CCC3. The number of carbonyl (C=O) groups is 1. The summed E-state index contributed by atoms with van der Waals surface area (Å²) in [5, 5.41) is 1.21. The topological polar surface area (TPSA) is 78.1 Å². The van der Waals surface area contributed by atoms with E-state index in [2.05, 4.69) is 15.7 Å². The number of hydrogen-bond acceptors (Lipinski definition) is 5.